The average molecular weight is 250 g/mol. The van der Waals surface area contributed by atoms with E-state index in [1.54, 1.807) is 6.07 Å². The highest BCUT2D eigenvalue weighted by molar-refractivity contribution is 5.70. The lowest BCUT2D eigenvalue weighted by atomic mass is 10.1. The molecule has 8 heteroatoms. The zero-order valence-electron chi connectivity index (χ0n) is 9.17. The van der Waals surface area contributed by atoms with Crippen molar-refractivity contribution < 1.29 is 14.9 Å². The maximum absolute atomic E-state index is 12.0. The molecule has 4 heterocycles. The lowest BCUT2D eigenvalue weighted by Gasteiger charge is -2.19. The van der Waals surface area contributed by atoms with Crippen LogP contribution in [0.25, 0.3) is 11.2 Å². The Hall–Kier alpha value is -1.77. The standard InChI is InChI=1S/C10H10N4O4/c15-6-2-1-4-9-13(12-11-4)3-5-7(16)8(17)10(18-5)14(6)9/h1-2,5,7-8,10,16-17H,3H2/t5-,7+,8?,10+/m1/s1. The predicted molar refractivity (Wildman–Crippen MR) is 57.7 cm³/mol. The smallest absolute Gasteiger partial charge is 0.254 e. The SMILES string of the molecule is O=c1ccc2nnn3c2n1[C@H]1O[C@H](C3)[C@H](O)C1O. The maximum atomic E-state index is 12.0. The quantitative estimate of drug-likeness (QED) is 0.573. The summed E-state index contributed by atoms with van der Waals surface area (Å²) >= 11 is 0. The summed E-state index contributed by atoms with van der Waals surface area (Å²) in [6, 6.07) is 2.93. The van der Waals surface area contributed by atoms with Crippen LogP contribution in [0.5, 0.6) is 0 Å². The molecule has 2 aromatic rings. The Morgan fingerprint density at radius 1 is 1.33 bits per heavy atom. The van der Waals surface area contributed by atoms with Crippen molar-refractivity contribution in [1.82, 2.24) is 19.6 Å². The summed E-state index contributed by atoms with van der Waals surface area (Å²) in [6.07, 6.45) is -3.63. The maximum Gasteiger partial charge on any atom is 0.254 e. The zero-order valence-corrected chi connectivity index (χ0v) is 9.17. The van der Waals surface area contributed by atoms with Crippen molar-refractivity contribution in [3.8, 4) is 0 Å². The van der Waals surface area contributed by atoms with Crippen LogP contribution in [0.2, 0.25) is 0 Å². The molecule has 2 N–H and O–H groups in total. The fourth-order valence-corrected chi connectivity index (χ4v) is 2.64. The molecule has 1 unspecified atom stereocenters. The van der Waals surface area contributed by atoms with Gasteiger partial charge in [0, 0.05) is 6.07 Å². The third kappa shape index (κ3) is 1.07. The number of pyridine rings is 1. The fraction of sp³-hybridized carbons (Fsp3) is 0.500. The van der Waals surface area contributed by atoms with Gasteiger partial charge in [0.1, 0.15) is 23.8 Å². The van der Waals surface area contributed by atoms with Crippen molar-refractivity contribution in [1.29, 1.82) is 0 Å². The van der Waals surface area contributed by atoms with E-state index in [2.05, 4.69) is 10.3 Å². The van der Waals surface area contributed by atoms with Gasteiger partial charge in [0.25, 0.3) is 5.56 Å². The minimum atomic E-state index is -1.12. The van der Waals surface area contributed by atoms with Crippen LogP contribution in [0.1, 0.15) is 6.23 Å². The first kappa shape index (κ1) is 10.2. The van der Waals surface area contributed by atoms with E-state index in [0.29, 0.717) is 11.2 Å². The molecule has 1 saturated heterocycles. The molecule has 94 valence electrons. The summed E-state index contributed by atoms with van der Waals surface area (Å²) in [6.45, 7) is 0.259. The molecule has 0 radical (unpaired) electrons. The van der Waals surface area contributed by atoms with Crippen molar-refractivity contribution >= 4 is 11.2 Å². The third-order valence-electron chi connectivity index (χ3n) is 3.53. The van der Waals surface area contributed by atoms with Crippen LogP contribution in [0, 0.1) is 0 Å². The molecule has 8 nitrogen and oxygen atoms in total. The Balaban J connectivity index is 2.10. The van der Waals surface area contributed by atoms with Crippen LogP contribution in [-0.2, 0) is 11.3 Å². The Morgan fingerprint density at radius 2 is 2.17 bits per heavy atom. The first-order chi connectivity index (χ1) is 8.66. The van der Waals surface area contributed by atoms with E-state index in [9.17, 15) is 15.0 Å². The number of fused-ring (bicyclic) bond motifs is 3. The van der Waals surface area contributed by atoms with Gasteiger partial charge in [-0.15, -0.1) is 5.10 Å². The lowest BCUT2D eigenvalue weighted by molar-refractivity contribution is -0.0351. The number of aliphatic hydroxyl groups is 2. The molecule has 2 aliphatic rings. The van der Waals surface area contributed by atoms with E-state index >= 15 is 0 Å². The van der Waals surface area contributed by atoms with Crippen LogP contribution in [0.15, 0.2) is 16.9 Å². The minimum Gasteiger partial charge on any atom is -0.387 e. The van der Waals surface area contributed by atoms with Gasteiger partial charge in [-0.1, -0.05) is 5.21 Å². The third-order valence-corrected chi connectivity index (χ3v) is 3.53. The van der Waals surface area contributed by atoms with Crippen molar-refractivity contribution in [2.75, 3.05) is 0 Å². The molecule has 0 amide bonds. The van der Waals surface area contributed by atoms with Crippen LogP contribution >= 0.6 is 0 Å². The monoisotopic (exact) mass is 250 g/mol. The van der Waals surface area contributed by atoms with Crippen LogP contribution in [0.4, 0.5) is 0 Å². The molecule has 4 rings (SSSR count). The molecule has 18 heavy (non-hydrogen) atoms. The lowest BCUT2D eigenvalue weighted by Crippen LogP contribution is -2.38. The Kier molecular flexibility index (Phi) is 1.79. The number of hydrogen-bond acceptors (Lipinski definition) is 6. The van der Waals surface area contributed by atoms with E-state index in [0.717, 1.165) is 0 Å². The summed E-state index contributed by atoms with van der Waals surface area (Å²) in [5, 5.41) is 27.7. The number of ether oxygens (including phenoxy) is 1. The Labute approximate surface area is 100 Å². The van der Waals surface area contributed by atoms with Gasteiger partial charge in [0.05, 0.1) is 6.54 Å². The second-order valence-electron chi connectivity index (χ2n) is 4.57. The molecule has 2 aromatic heterocycles. The van der Waals surface area contributed by atoms with E-state index in [-0.39, 0.29) is 12.1 Å². The fourth-order valence-electron chi connectivity index (χ4n) is 2.64. The topological polar surface area (TPSA) is 102 Å². The molecule has 0 saturated carbocycles. The van der Waals surface area contributed by atoms with Crippen LogP contribution in [-0.4, -0.2) is 48.1 Å². The van der Waals surface area contributed by atoms with Gasteiger partial charge >= 0.3 is 0 Å². The minimum absolute atomic E-state index is 0.259. The highest BCUT2D eigenvalue weighted by Gasteiger charge is 2.47. The van der Waals surface area contributed by atoms with E-state index in [4.69, 9.17) is 4.74 Å². The molecule has 0 aromatic carbocycles. The normalized spacial score (nSPS) is 33.9. The van der Waals surface area contributed by atoms with Crippen molar-refractivity contribution in [2.24, 2.45) is 0 Å². The van der Waals surface area contributed by atoms with Crippen molar-refractivity contribution in [2.45, 2.75) is 31.1 Å². The Morgan fingerprint density at radius 3 is 3.00 bits per heavy atom. The molecule has 2 aliphatic heterocycles. The largest absolute Gasteiger partial charge is 0.387 e. The second kappa shape index (κ2) is 3.16. The van der Waals surface area contributed by atoms with Gasteiger partial charge in [-0.25, -0.2) is 4.68 Å². The summed E-state index contributed by atoms with van der Waals surface area (Å²) < 4.78 is 8.36. The number of nitrogens with zero attached hydrogens (tertiary/aromatic N) is 4. The van der Waals surface area contributed by atoms with Gasteiger partial charge in [0.15, 0.2) is 11.9 Å². The van der Waals surface area contributed by atoms with E-state index < -0.39 is 24.5 Å². The first-order valence-corrected chi connectivity index (χ1v) is 5.63. The van der Waals surface area contributed by atoms with Gasteiger partial charge in [-0.2, -0.15) is 0 Å². The van der Waals surface area contributed by atoms with Gasteiger partial charge in [0.2, 0.25) is 0 Å². The molecular formula is C10H10N4O4. The summed E-state index contributed by atoms with van der Waals surface area (Å²) in [5.41, 5.74) is 0.762. The number of rotatable bonds is 0. The van der Waals surface area contributed by atoms with Crippen molar-refractivity contribution in [3.05, 3.63) is 22.5 Å². The van der Waals surface area contributed by atoms with E-state index in [1.165, 1.54) is 15.3 Å². The molecule has 1 fully saturated rings. The Bertz CT molecular complexity index is 693. The summed E-state index contributed by atoms with van der Waals surface area (Å²) in [5.74, 6) is 0. The second-order valence-corrected chi connectivity index (χ2v) is 4.57. The van der Waals surface area contributed by atoms with E-state index in [1.807, 2.05) is 0 Å². The van der Waals surface area contributed by atoms with Gasteiger partial charge in [-0.3, -0.25) is 9.36 Å². The number of hydrogen-bond donors (Lipinski definition) is 2. The van der Waals surface area contributed by atoms with Crippen molar-refractivity contribution in [3.63, 3.8) is 0 Å². The van der Waals surface area contributed by atoms with Gasteiger partial charge in [-0.05, 0) is 6.07 Å². The predicted octanol–water partition coefficient (Wildman–Crippen LogP) is -1.77. The zero-order chi connectivity index (χ0) is 12.4. The first-order valence-electron chi connectivity index (χ1n) is 5.63. The van der Waals surface area contributed by atoms with Crippen LogP contribution < -0.4 is 5.56 Å². The van der Waals surface area contributed by atoms with Crippen LogP contribution in [0.3, 0.4) is 0 Å². The van der Waals surface area contributed by atoms with Gasteiger partial charge < -0.3 is 14.9 Å². The molecule has 0 aliphatic carbocycles. The molecule has 4 atom stereocenters. The number of aliphatic hydroxyl groups excluding tert-OH is 2. The molecule has 0 spiro atoms. The summed E-state index contributed by atoms with van der Waals surface area (Å²) in [7, 11) is 0. The molecular weight excluding hydrogens is 240 g/mol. The average Bonchev–Trinajstić information content (AvgIpc) is 2.80. The molecule has 2 bridgehead atoms. The summed E-state index contributed by atoms with van der Waals surface area (Å²) in [4.78, 5) is 12.0. The number of aromatic nitrogens is 4. The highest BCUT2D eigenvalue weighted by Crippen LogP contribution is 2.33. The highest BCUT2D eigenvalue weighted by atomic mass is 16.6.